The van der Waals surface area contributed by atoms with E-state index < -0.39 is 18.9 Å². The van der Waals surface area contributed by atoms with Crippen LogP contribution in [0.15, 0.2) is 52.9 Å². The third kappa shape index (κ3) is 5.50. The van der Waals surface area contributed by atoms with Crippen LogP contribution in [0.3, 0.4) is 0 Å². The predicted molar refractivity (Wildman–Crippen MR) is 109 cm³/mol. The SMILES string of the molecule is COCCN(CC(F)F)C(=O)c1ccc(CSc2nc3ccccc3s2)cc1. The van der Waals surface area contributed by atoms with E-state index in [1.807, 2.05) is 36.4 Å². The van der Waals surface area contributed by atoms with Crippen LogP contribution in [0.1, 0.15) is 15.9 Å². The summed E-state index contributed by atoms with van der Waals surface area (Å²) in [4.78, 5) is 18.2. The molecule has 0 saturated heterocycles. The lowest BCUT2D eigenvalue weighted by Gasteiger charge is -2.22. The van der Waals surface area contributed by atoms with Crippen LogP contribution in [0.2, 0.25) is 0 Å². The number of aromatic nitrogens is 1. The quantitative estimate of drug-likeness (QED) is 0.458. The molecule has 1 aromatic heterocycles. The number of ether oxygens (including phenoxy) is 1. The lowest BCUT2D eigenvalue weighted by molar-refractivity contribution is 0.0478. The molecule has 0 N–H and O–H groups in total. The Kier molecular flexibility index (Phi) is 7.36. The van der Waals surface area contributed by atoms with Gasteiger partial charge >= 0.3 is 0 Å². The van der Waals surface area contributed by atoms with Gasteiger partial charge in [-0.15, -0.1) is 11.3 Å². The summed E-state index contributed by atoms with van der Waals surface area (Å²) in [7, 11) is 1.48. The Hall–Kier alpha value is -2.03. The first-order valence-electron chi connectivity index (χ1n) is 8.70. The summed E-state index contributed by atoms with van der Waals surface area (Å²) in [6.45, 7) is -0.248. The van der Waals surface area contributed by atoms with Gasteiger partial charge in [-0.2, -0.15) is 0 Å². The fraction of sp³-hybridized carbons (Fsp3) is 0.300. The fourth-order valence-corrected chi connectivity index (χ4v) is 4.65. The van der Waals surface area contributed by atoms with Crippen molar-refractivity contribution < 1.29 is 18.3 Å². The maximum atomic E-state index is 12.7. The predicted octanol–water partition coefficient (Wildman–Crippen LogP) is 4.94. The number of benzene rings is 2. The number of hydrogen-bond acceptors (Lipinski definition) is 5. The third-order valence-electron chi connectivity index (χ3n) is 4.05. The summed E-state index contributed by atoms with van der Waals surface area (Å²) in [5.41, 5.74) is 2.43. The maximum absolute atomic E-state index is 12.7. The molecule has 0 spiro atoms. The average Bonchev–Trinajstić information content (AvgIpc) is 3.12. The molecule has 0 aliphatic carbocycles. The number of methoxy groups -OCH3 is 1. The minimum atomic E-state index is -2.58. The van der Waals surface area contributed by atoms with E-state index in [0.29, 0.717) is 5.56 Å². The highest BCUT2D eigenvalue weighted by atomic mass is 32.2. The number of thioether (sulfide) groups is 1. The number of nitrogens with zero attached hydrogens (tertiary/aromatic N) is 2. The average molecular weight is 423 g/mol. The van der Waals surface area contributed by atoms with Gasteiger partial charge in [0.2, 0.25) is 0 Å². The standard InChI is InChI=1S/C20H20F2N2O2S2/c1-26-11-10-24(12-18(21)22)19(25)15-8-6-14(7-9-15)13-27-20-23-16-4-2-3-5-17(16)28-20/h2-9,18H,10-13H2,1H3. The summed E-state index contributed by atoms with van der Waals surface area (Å²) >= 11 is 3.29. The lowest BCUT2D eigenvalue weighted by atomic mass is 10.1. The minimum absolute atomic E-state index is 0.134. The van der Waals surface area contributed by atoms with E-state index >= 15 is 0 Å². The van der Waals surface area contributed by atoms with Crippen molar-refractivity contribution in [3.05, 3.63) is 59.7 Å². The van der Waals surface area contributed by atoms with E-state index in [1.54, 1.807) is 35.2 Å². The van der Waals surface area contributed by atoms with Gasteiger partial charge in [-0.25, -0.2) is 13.8 Å². The molecule has 0 bridgehead atoms. The second-order valence-electron chi connectivity index (χ2n) is 6.07. The van der Waals surface area contributed by atoms with Crippen molar-refractivity contribution in [1.29, 1.82) is 0 Å². The van der Waals surface area contributed by atoms with Gasteiger partial charge in [0.25, 0.3) is 12.3 Å². The highest BCUT2D eigenvalue weighted by Crippen LogP contribution is 2.31. The molecule has 2 aromatic carbocycles. The number of rotatable bonds is 9. The highest BCUT2D eigenvalue weighted by molar-refractivity contribution is 8.00. The Bertz CT molecular complexity index is 883. The molecule has 3 aromatic rings. The van der Waals surface area contributed by atoms with Gasteiger partial charge in [0, 0.05) is 25.0 Å². The Morgan fingerprint density at radius 2 is 1.96 bits per heavy atom. The summed E-state index contributed by atoms with van der Waals surface area (Å²) in [6.07, 6.45) is -2.58. The molecule has 0 fully saturated rings. The summed E-state index contributed by atoms with van der Waals surface area (Å²) in [6, 6.07) is 15.1. The molecule has 148 valence electrons. The first kappa shape index (κ1) is 20.7. The van der Waals surface area contributed by atoms with Crippen molar-refractivity contribution >= 4 is 39.2 Å². The molecule has 0 aliphatic heterocycles. The number of thiazole rings is 1. The minimum Gasteiger partial charge on any atom is -0.383 e. The highest BCUT2D eigenvalue weighted by Gasteiger charge is 2.19. The molecule has 0 radical (unpaired) electrons. The third-order valence-corrected chi connectivity index (χ3v) is 6.30. The Morgan fingerprint density at radius 3 is 2.64 bits per heavy atom. The van der Waals surface area contributed by atoms with Crippen molar-refractivity contribution in [3.63, 3.8) is 0 Å². The molecule has 1 amide bonds. The Morgan fingerprint density at radius 1 is 1.21 bits per heavy atom. The Balaban J connectivity index is 1.62. The van der Waals surface area contributed by atoms with E-state index in [-0.39, 0.29) is 13.2 Å². The van der Waals surface area contributed by atoms with Crippen molar-refractivity contribution in [3.8, 4) is 0 Å². The molecular weight excluding hydrogens is 402 g/mol. The number of carbonyl (C=O) groups is 1. The van der Waals surface area contributed by atoms with E-state index in [0.717, 1.165) is 30.8 Å². The van der Waals surface area contributed by atoms with Crippen molar-refractivity contribution in [2.75, 3.05) is 26.8 Å². The van der Waals surface area contributed by atoms with Crippen LogP contribution in [0.4, 0.5) is 8.78 Å². The normalized spacial score (nSPS) is 11.3. The number of carbonyl (C=O) groups excluding carboxylic acids is 1. The molecular formula is C20H20F2N2O2S2. The summed E-state index contributed by atoms with van der Waals surface area (Å²) in [5.74, 6) is 0.307. The second-order valence-corrected chi connectivity index (χ2v) is 8.32. The van der Waals surface area contributed by atoms with Gasteiger partial charge in [-0.1, -0.05) is 36.0 Å². The van der Waals surface area contributed by atoms with Gasteiger partial charge in [0.15, 0.2) is 4.34 Å². The smallest absolute Gasteiger partial charge is 0.255 e. The van der Waals surface area contributed by atoms with Crippen molar-refractivity contribution in [1.82, 2.24) is 9.88 Å². The maximum Gasteiger partial charge on any atom is 0.255 e. The monoisotopic (exact) mass is 422 g/mol. The molecule has 3 rings (SSSR count). The molecule has 8 heteroatoms. The van der Waals surface area contributed by atoms with Gasteiger partial charge < -0.3 is 9.64 Å². The molecule has 28 heavy (non-hydrogen) atoms. The summed E-state index contributed by atoms with van der Waals surface area (Å²) in [5, 5.41) is 0. The number of amides is 1. The zero-order valence-corrected chi connectivity index (χ0v) is 16.9. The second kappa shape index (κ2) is 9.95. The van der Waals surface area contributed by atoms with Crippen molar-refractivity contribution in [2.45, 2.75) is 16.5 Å². The first-order chi connectivity index (χ1) is 13.6. The zero-order valence-electron chi connectivity index (χ0n) is 15.3. The van der Waals surface area contributed by atoms with E-state index in [9.17, 15) is 13.6 Å². The lowest BCUT2D eigenvalue weighted by Crippen LogP contribution is -2.37. The van der Waals surface area contributed by atoms with Crippen LogP contribution in [-0.2, 0) is 10.5 Å². The molecule has 4 nitrogen and oxygen atoms in total. The van der Waals surface area contributed by atoms with E-state index in [4.69, 9.17) is 4.74 Å². The van der Waals surface area contributed by atoms with Gasteiger partial charge in [-0.3, -0.25) is 4.79 Å². The van der Waals surface area contributed by atoms with Crippen LogP contribution in [0.25, 0.3) is 10.2 Å². The number of fused-ring (bicyclic) bond motifs is 1. The molecule has 1 heterocycles. The molecule has 0 unspecified atom stereocenters. The number of alkyl halides is 2. The van der Waals surface area contributed by atoms with Gasteiger partial charge in [0.1, 0.15) is 0 Å². The number of hydrogen-bond donors (Lipinski definition) is 0. The van der Waals surface area contributed by atoms with Crippen LogP contribution in [0, 0.1) is 0 Å². The molecule has 0 atom stereocenters. The van der Waals surface area contributed by atoms with Gasteiger partial charge in [0.05, 0.1) is 23.4 Å². The van der Waals surface area contributed by atoms with Gasteiger partial charge in [-0.05, 0) is 29.8 Å². The summed E-state index contributed by atoms with van der Waals surface area (Å²) < 4.78 is 32.5. The van der Waals surface area contributed by atoms with Crippen LogP contribution in [0.5, 0.6) is 0 Å². The van der Waals surface area contributed by atoms with Crippen LogP contribution >= 0.6 is 23.1 Å². The molecule has 0 aliphatic rings. The zero-order chi connectivity index (χ0) is 19.9. The number of halogens is 2. The van der Waals surface area contributed by atoms with Crippen molar-refractivity contribution in [2.24, 2.45) is 0 Å². The van der Waals surface area contributed by atoms with Crippen LogP contribution < -0.4 is 0 Å². The largest absolute Gasteiger partial charge is 0.383 e. The number of para-hydroxylation sites is 1. The first-order valence-corrected chi connectivity index (χ1v) is 10.5. The molecule has 0 saturated carbocycles. The Labute approximate surface area is 170 Å². The topological polar surface area (TPSA) is 42.4 Å². The van der Waals surface area contributed by atoms with E-state index in [1.165, 1.54) is 7.11 Å². The van der Waals surface area contributed by atoms with Crippen LogP contribution in [-0.4, -0.2) is 49.0 Å². The van der Waals surface area contributed by atoms with E-state index in [2.05, 4.69) is 4.98 Å². The fourth-order valence-electron chi connectivity index (χ4n) is 2.63.